The van der Waals surface area contributed by atoms with Crippen LogP contribution < -0.4 is 0 Å². The summed E-state index contributed by atoms with van der Waals surface area (Å²) in [6.07, 6.45) is 4.20. The number of ketones is 1. The quantitative estimate of drug-likeness (QED) is 0.696. The minimum Gasteiger partial charge on any atom is -0.388 e. The lowest BCUT2D eigenvalue weighted by Gasteiger charge is -2.11. The van der Waals surface area contributed by atoms with Crippen LogP contribution in [0.25, 0.3) is 0 Å². The zero-order chi connectivity index (χ0) is 10.1. The molecule has 0 bridgehead atoms. The normalized spacial score (nSPS) is 15.3. The maximum atomic E-state index is 11.4. The second kappa shape index (κ2) is 3.53. The van der Waals surface area contributed by atoms with E-state index >= 15 is 0 Å². The molecule has 1 heterocycles. The van der Waals surface area contributed by atoms with Crippen molar-refractivity contribution >= 4 is 5.78 Å². The Morgan fingerprint density at radius 1 is 1.50 bits per heavy atom. The molecule has 0 aliphatic heterocycles. The summed E-state index contributed by atoms with van der Waals surface area (Å²) in [5.74, 6) is -0.260. The molecular weight excluding hydrogens is 180 g/mol. The number of aryl methyl sites for hydroxylation is 1. The number of aromatic nitrogens is 2. The highest BCUT2D eigenvalue weighted by atomic mass is 16.3. The van der Waals surface area contributed by atoms with Gasteiger partial charge in [-0.3, -0.25) is 9.48 Å². The van der Waals surface area contributed by atoms with Crippen LogP contribution in [0, 0.1) is 0 Å². The molecule has 0 spiro atoms. The Balaban J connectivity index is 2.46. The fourth-order valence-electron chi connectivity index (χ4n) is 2.07. The van der Waals surface area contributed by atoms with E-state index in [2.05, 4.69) is 5.10 Å². The van der Waals surface area contributed by atoms with Gasteiger partial charge in [0.1, 0.15) is 12.3 Å². The lowest BCUT2D eigenvalue weighted by atomic mass is 9.95. The molecule has 1 N–H and O–H groups in total. The SMILES string of the molecule is Cn1nc(C(=O)CO)c2c1CCCC2. The molecule has 76 valence electrons. The molecule has 0 saturated heterocycles. The molecule has 0 amide bonds. The molecule has 0 unspecified atom stereocenters. The van der Waals surface area contributed by atoms with Crippen LogP contribution in [0.3, 0.4) is 0 Å². The van der Waals surface area contributed by atoms with Crippen molar-refractivity contribution in [2.24, 2.45) is 7.05 Å². The molecule has 4 nitrogen and oxygen atoms in total. The highest BCUT2D eigenvalue weighted by molar-refractivity contribution is 5.96. The van der Waals surface area contributed by atoms with Gasteiger partial charge in [0.15, 0.2) is 0 Å². The first-order valence-electron chi connectivity index (χ1n) is 4.93. The molecule has 4 heteroatoms. The standard InChI is InChI=1S/C10H14N2O2/c1-12-8-5-3-2-4-7(8)10(11-12)9(14)6-13/h13H,2-6H2,1H3. The number of carbonyl (C=O) groups excluding carboxylic acids is 1. The maximum Gasteiger partial charge on any atom is 0.208 e. The molecule has 0 aromatic carbocycles. The number of aliphatic hydroxyl groups excluding tert-OH is 1. The van der Waals surface area contributed by atoms with Crippen LogP contribution in [0.1, 0.15) is 34.6 Å². The van der Waals surface area contributed by atoms with Gasteiger partial charge in [0.05, 0.1) is 0 Å². The van der Waals surface area contributed by atoms with E-state index in [-0.39, 0.29) is 5.78 Å². The van der Waals surface area contributed by atoms with Crippen LogP contribution in [0.4, 0.5) is 0 Å². The van der Waals surface area contributed by atoms with Crippen molar-refractivity contribution in [3.05, 3.63) is 17.0 Å². The smallest absolute Gasteiger partial charge is 0.208 e. The monoisotopic (exact) mass is 194 g/mol. The number of aliphatic hydroxyl groups is 1. The third-order valence-corrected chi connectivity index (χ3v) is 2.77. The van der Waals surface area contributed by atoms with Gasteiger partial charge in [-0.25, -0.2) is 0 Å². The number of hydrogen-bond donors (Lipinski definition) is 1. The van der Waals surface area contributed by atoms with Gasteiger partial charge in [-0.15, -0.1) is 0 Å². The number of carbonyl (C=O) groups is 1. The zero-order valence-corrected chi connectivity index (χ0v) is 8.29. The molecule has 0 radical (unpaired) electrons. The minimum atomic E-state index is -0.441. The molecule has 0 fully saturated rings. The summed E-state index contributed by atoms with van der Waals surface area (Å²) >= 11 is 0. The van der Waals surface area contributed by atoms with E-state index in [4.69, 9.17) is 5.11 Å². The topological polar surface area (TPSA) is 55.1 Å². The molecule has 2 rings (SSSR count). The highest BCUT2D eigenvalue weighted by Gasteiger charge is 2.22. The summed E-state index contributed by atoms with van der Waals surface area (Å²) in [5, 5.41) is 13.0. The molecule has 14 heavy (non-hydrogen) atoms. The molecule has 1 aliphatic rings. The van der Waals surface area contributed by atoms with Gasteiger partial charge >= 0.3 is 0 Å². The maximum absolute atomic E-state index is 11.4. The summed E-state index contributed by atoms with van der Waals surface area (Å²) in [4.78, 5) is 11.4. The van der Waals surface area contributed by atoms with Gasteiger partial charge in [-0.2, -0.15) is 5.10 Å². The van der Waals surface area contributed by atoms with Gasteiger partial charge in [0, 0.05) is 18.3 Å². The number of Topliss-reactive ketones (excluding diaryl/α,β-unsaturated/α-hetero) is 1. The van der Waals surface area contributed by atoms with Gasteiger partial charge < -0.3 is 5.11 Å². The van der Waals surface area contributed by atoms with Crippen molar-refractivity contribution in [1.29, 1.82) is 0 Å². The number of nitrogens with zero attached hydrogens (tertiary/aromatic N) is 2. The van der Waals surface area contributed by atoms with Gasteiger partial charge in [0.2, 0.25) is 5.78 Å². The van der Waals surface area contributed by atoms with Crippen LogP contribution in [0.15, 0.2) is 0 Å². The third kappa shape index (κ3) is 1.35. The first kappa shape index (κ1) is 9.40. The Hall–Kier alpha value is -1.16. The first-order valence-corrected chi connectivity index (χ1v) is 4.93. The summed E-state index contributed by atoms with van der Waals surface area (Å²) in [5.41, 5.74) is 2.69. The lowest BCUT2D eigenvalue weighted by Crippen LogP contribution is -2.10. The van der Waals surface area contributed by atoms with Gasteiger partial charge in [-0.05, 0) is 25.7 Å². The zero-order valence-electron chi connectivity index (χ0n) is 8.29. The Bertz CT molecular complexity index is 368. The first-order chi connectivity index (χ1) is 6.74. The fraction of sp³-hybridized carbons (Fsp3) is 0.600. The van der Waals surface area contributed by atoms with Crippen molar-refractivity contribution < 1.29 is 9.90 Å². The molecule has 0 saturated carbocycles. The lowest BCUT2D eigenvalue weighted by molar-refractivity contribution is 0.0897. The van der Waals surface area contributed by atoms with E-state index in [1.807, 2.05) is 7.05 Å². The van der Waals surface area contributed by atoms with Crippen molar-refractivity contribution in [2.75, 3.05) is 6.61 Å². The molecule has 1 aliphatic carbocycles. The third-order valence-electron chi connectivity index (χ3n) is 2.77. The van der Waals surface area contributed by atoms with Crippen molar-refractivity contribution in [3.63, 3.8) is 0 Å². The second-order valence-electron chi connectivity index (χ2n) is 3.69. The summed E-state index contributed by atoms with van der Waals surface area (Å²) in [7, 11) is 1.86. The minimum absolute atomic E-state index is 0.260. The summed E-state index contributed by atoms with van der Waals surface area (Å²) in [6.45, 7) is -0.441. The van der Waals surface area contributed by atoms with Crippen LogP contribution in [0.2, 0.25) is 0 Å². The van der Waals surface area contributed by atoms with E-state index in [1.165, 1.54) is 6.42 Å². The Morgan fingerprint density at radius 3 is 2.93 bits per heavy atom. The molecule has 0 atom stereocenters. The fourth-order valence-corrected chi connectivity index (χ4v) is 2.07. The second-order valence-corrected chi connectivity index (χ2v) is 3.69. The molecule has 1 aromatic rings. The molecular formula is C10H14N2O2. The predicted molar refractivity (Wildman–Crippen MR) is 51.3 cm³/mol. The van der Waals surface area contributed by atoms with Crippen LogP contribution in [-0.2, 0) is 19.9 Å². The average Bonchev–Trinajstić information content (AvgIpc) is 2.56. The van der Waals surface area contributed by atoms with E-state index in [9.17, 15) is 4.79 Å². The number of rotatable bonds is 2. The highest BCUT2D eigenvalue weighted by Crippen LogP contribution is 2.23. The van der Waals surface area contributed by atoms with Gasteiger partial charge in [-0.1, -0.05) is 0 Å². The molecule has 1 aromatic heterocycles. The Kier molecular flexibility index (Phi) is 2.37. The van der Waals surface area contributed by atoms with Crippen LogP contribution >= 0.6 is 0 Å². The summed E-state index contributed by atoms with van der Waals surface area (Å²) in [6, 6.07) is 0. The average molecular weight is 194 g/mol. The summed E-state index contributed by atoms with van der Waals surface area (Å²) < 4.78 is 1.78. The van der Waals surface area contributed by atoms with Crippen molar-refractivity contribution in [2.45, 2.75) is 25.7 Å². The van der Waals surface area contributed by atoms with Crippen molar-refractivity contribution in [1.82, 2.24) is 9.78 Å². The van der Waals surface area contributed by atoms with Crippen LogP contribution in [0.5, 0.6) is 0 Å². The number of fused-ring (bicyclic) bond motifs is 1. The Labute approximate surface area is 82.5 Å². The van der Waals surface area contributed by atoms with E-state index in [1.54, 1.807) is 4.68 Å². The number of hydrogen-bond acceptors (Lipinski definition) is 3. The Morgan fingerprint density at radius 2 is 2.21 bits per heavy atom. The van der Waals surface area contributed by atoms with E-state index < -0.39 is 6.61 Å². The van der Waals surface area contributed by atoms with Gasteiger partial charge in [0.25, 0.3) is 0 Å². The van der Waals surface area contributed by atoms with E-state index in [0.29, 0.717) is 5.69 Å². The van der Waals surface area contributed by atoms with E-state index in [0.717, 1.165) is 30.5 Å². The predicted octanol–water partition coefficient (Wildman–Crippen LogP) is 0.474. The largest absolute Gasteiger partial charge is 0.388 e. The van der Waals surface area contributed by atoms with Crippen LogP contribution in [-0.4, -0.2) is 27.3 Å². The van der Waals surface area contributed by atoms with Crippen molar-refractivity contribution in [3.8, 4) is 0 Å².